The maximum Gasteiger partial charge on any atom is 0.274 e. The van der Waals surface area contributed by atoms with Gasteiger partial charge in [0.2, 0.25) is 5.95 Å². The zero-order valence-corrected chi connectivity index (χ0v) is 15.8. The second kappa shape index (κ2) is 8.18. The average Bonchev–Trinajstić information content (AvgIpc) is 2.75. The molecule has 8 nitrogen and oxygen atoms in total. The molecule has 0 spiro atoms. The van der Waals surface area contributed by atoms with Gasteiger partial charge in [-0.15, -0.1) is 0 Å². The van der Waals surface area contributed by atoms with Crippen molar-refractivity contribution in [1.29, 1.82) is 0 Å². The number of nitrogens with one attached hydrogen (secondary N) is 1. The van der Waals surface area contributed by atoms with Crippen molar-refractivity contribution in [3.8, 4) is 0 Å². The zero-order valence-electron chi connectivity index (χ0n) is 15.0. The molecule has 1 aliphatic heterocycles. The van der Waals surface area contributed by atoms with Gasteiger partial charge in [0.1, 0.15) is 11.5 Å². The Morgan fingerprint density at radius 2 is 1.75 bits per heavy atom. The van der Waals surface area contributed by atoms with Gasteiger partial charge in [-0.2, -0.15) is 0 Å². The molecule has 0 bridgehead atoms. The number of carbonyl (C=O) groups is 1. The summed E-state index contributed by atoms with van der Waals surface area (Å²) < 4.78 is 0. The molecule has 0 saturated carbocycles. The molecule has 1 N–H and O–H groups in total. The minimum absolute atomic E-state index is 0.129. The molecule has 28 heavy (non-hydrogen) atoms. The predicted molar refractivity (Wildman–Crippen MR) is 107 cm³/mol. The molecule has 4 rings (SSSR count). The third-order valence-electron chi connectivity index (χ3n) is 4.37. The lowest BCUT2D eigenvalue weighted by Gasteiger charge is -2.34. The summed E-state index contributed by atoms with van der Waals surface area (Å²) in [6.45, 7) is 2.53. The van der Waals surface area contributed by atoms with Crippen LogP contribution < -0.4 is 10.2 Å². The highest BCUT2D eigenvalue weighted by Crippen LogP contribution is 2.18. The topological polar surface area (TPSA) is 87.1 Å². The number of amides is 1. The van der Waals surface area contributed by atoms with Crippen LogP contribution in [0.4, 0.5) is 17.5 Å². The van der Waals surface area contributed by atoms with Crippen LogP contribution in [0.2, 0.25) is 5.02 Å². The second-order valence-corrected chi connectivity index (χ2v) is 6.69. The molecule has 0 unspecified atom stereocenters. The predicted octanol–water partition coefficient (Wildman–Crippen LogP) is 2.63. The zero-order chi connectivity index (χ0) is 19.3. The number of halogens is 1. The van der Waals surface area contributed by atoms with Gasteiger partial charge in [-0.05, 0) is 24.3 Å². The number of nitrogens with zero attached hydrogens (tertiary/aromatic N) is 6. The number of anilines is 3. The fourth-order valence-corrected chi connectivity index (χ4v) is 3.13. The summed E-state index contributed by atoms with van der Waals surface area (Å²) in [5.41, 5.74) is 1.13. The smallest absolute Gasteiger partial charge is 0.274 e. The Bertz CT molecular complexity index is 944. The lowest BCUT2D eigenvalue weighted by atomic mass is 10.3. The van der Waals surface area contributed by atoms with Crippen LogP contribution in [0.15, 0.2) is 55.1 Å². The van der Waals surface area contributed by atoms with Crippen LogP contribution in [0.3, 0.4) is 0 Å². The molecular formula is C19H18ClN7O. The first-order valence-corrected chi connectivity index (χ1v) is 9.23. The van der Waals surface area contributed by atoms with Crippen LogP contribution in [0.25, 0.3) is 0 Å². The van der Waals surface area contributed by atoms with E-state index in [1.54, 1.807) is 41.7 Å². The Morgan fingerprint density at radius 1 is 0.964 bits per heavy atom. The van der Waals surface area contributed by atoms with Gasteiger partial charge in [0.05, 0.1) is 12.4 Å². The number of carbonyl (C=O) groups excluding carboxylic acids is 1. The Balaban J connectivity index is 1.36. The van der Waals surface area contributed by atoms with Gasteiger partial charge in [0, 0.05) is 49.3 Å². The van der Waals surface area contributed by atoms with Crippen molar-refractivity contribution in [2.45, 2.75) is 0 Å². The van der Waals surface area contributed by atoms with Gasteiger partial charge >= 0.3 is 0 Å². The third kappa shape index (κ3) is 4.17. The molecule has 0 aliphatic carbocycles. The van der Waals surface area contributed by atoms with E-state index in [2.05, 4.69) is 30.2 Å². The lowest BCUT2D eigenvalue weighted by Crippen LogP contribution is -2.49. The molecule has 1 saturated heterocycles. The molecule has 9 heteroatoms. The van der Waals surface area contributed by atoms with E-state index in [1.165, 1.54) is 6.20 Å². The fraction of sp³-hybridized carbons (Fsp3) is 0.211. The summed E-state index contributed by atoms with van der Waals surface area (Å²) in [7, 11) is 0. The molecule has 2 aromatic heterocycles. The molecule has 1 fully saturated rings. The largest absolute Gasteiger partial charge is 0.339 e. The van der Waals surface area contributed by atoms with E-state index in [-0.39, 0.29) is 5.91 Å². The minimum Gasteiger partial charge on any atom is -0.339 e. The van der Waals surface area contributed by atoms with Crippen molar-refractivity contribution in [3.05, 3.63) is 65.8 Å². The van der Waals surface area contributed by atoms with Gasteiger partial charge in [-0.25, -0.2) is 19.9 Å². The number of hydrogen-bond acceptors (Lipinski definition) is 7. The third-order valence-corrected chi connectivity index (χ3v) is 4.60. The summed E-state index contributed by atoms with van der Waals surface area (Å²) in [5.74, 6) is 1.10. The van der Waals surface area contributed by atoms with Gasteiger partial charge in [-0.1, -0.05) is 17.7 Å². The van der Waals surface area contributed by atoms with Crippen molar-refractivity contribution < 1.29 is 4.79 Å². The number of rotatable bonds is 4. The molecule has 3 aromatic rings. The van der Waals surface area contributed by atoms with Gasteiger partial charge in [-0.3, -0.25) is 4.79 Å². The van der Waals surface area contributed by atoms with E-state index in [9.17, 15) is 4.79 Å². The molecule has 1 aromatic carbocycles. The molecule has 0 radical (unpaired) electrons. The SMILES string of the molecule is O=C(c1cnc(Nc2cccc(Cl)c2)cn1)N1CCN(c2ncccn2)CC1. The molecule has 1 amide bonds. The maximum absolute atomic E-state index is 12.7. The normalized spacial score (nSPS) is 14.0. The van der Waals surface area contributed by atoms with Crippen LogP contribution in [-0.4, -0.2) is 56.9 Å². The van der Waals surface area contributed by atoms with E-state index in [0.717, 1.165) is 5.69 Å². The van der Waals surface area contributed by atoms with Gasteiger partial charge in [0.15, 0.2) is 0 Å². The number of benzene rings is 1. The van der Waals surface area contributed by atoms with Crippen LogP contribution >= 0.6 is 11.6 Å². The van der Waals surface area contributed by atoms with Crippen molar-refractivity contribution in [2.75, 3.05) is 36.4 Å². The Hall–Kier alpha value is -3.26. The first-order chi connectivity index (χ1) is 13.7. The first kappa shape index (κ1) is 18.1. The van der Waals surface area contributed by atoms with E-state index < -0.39 is 0 Å². The van der Waals surface area contributed by atoms with Crippen molar-refractivity contribution in [3.63, 3.8) is 0 Å². The molecule has 3 heterocycles. The quantitative estimate of drug-likeness (QED) is 0.726. The van der Waals surface area contributed by atoms with Gasteiger partial charge < -0.3 is 15.1 Å². The first-order valence-electron chi connectivity index (χ1n) is 8.85. The Labute approximate surface area is 167 Å². The molecule has 142 valence electrons. The van der Waals surface area contributed by atoms with Crippen LogP contribution in [0.1, 0.15) is 10.5 Å². The summed E-state index contributed by atoms with van der Waals surface area (Å²) >= 11 is 5.98. The number of aromatic nitrogens is 4. The highest BCUT2D eigenvalue weighted by atomic mass is 35.5. The number of hydrogen-bond donors (Lipinski definition) is 1. The van der Waals surface area contributed by atoms with Crippen molar-refractivity contribution >= 4 is 35.0 Å². The summed E-state index contributed by atoms with van der Waals surface area (Å²) in [5, 5.41) is 3.74. The molecule has 0 atom stereocenters. The molecule has 1 aliphatic rings. The number of piperazine rings is 1. The van der Waals surface area contributed by atoms with Crippen LogP contribution in [0.5, 0.6) is 0 Å². The highest BCUT2D eigenvalue weighted by Gasteiger charge is 2.24. The molecular weight excluding hydrogens is 378 g/mol. The van der Waals surface area contributed by atoms with Crippen LogP contribution in [0, 0.1) is 0 Å². The standard InChI is InChI=1S/C19H18ClN7O/c20-14-3-1-4-15(11-14)25-17-13-23-16(12-24-17)18(28)26-7-9-27(10-8-26)19-21-5-2-6-22-19/h1-6,11-13H,7-10H2,(H,24,25). The fourth-order valence-electron chi connectivity index (χ4n) is 2.94. The summed E-state index contributed by atoms with van der Waals surface area (Å²) in [6.07, 6.45) is 6.47. The average molecular weight is 396 g/mol. The monoisotopic (exact) mass is 395 g/mol. The van der Waals surface area contributed by atoms with Crippen LogP contribution in [-0.2, 0) is 0 Å². The summed E-state index contributed by atoms with van der Waals surface area (Å²) in [6, 6.07) is 9.09. The Morgan fingerprint density at radius 3 is 2.43 bits per heavy atom. The van der Waals surface area contributed by atoms with E-state index in [0.29, 0.717) is 48.7 Å². The Kier molecular flexibility index (Phi) is 5.29. The van der Waals surface area contributed by atoms with E-state index in [1.807, 2.05) is 12.1 Å². The second-order valence-electron chi connectivity index (χ2n) is 6.25. The maximum atomic E-state index is 12.7. The minimum atomic E-state index is -0.129. The highest BCUT2D eigenvalue weighted by molar-refractivity contribution is 6.30. The van der Waals surface area contributed by atoms with Gasteiger partial charge in [0.25, 0.3) is 5.91 Å². The van der Waals surface area contributed by atoms with Crippen molar-refractivity contribution in [1.82, 2.24) is 24.8 Å². The van der Waals surface area contributed by atoms with Crippen molar-refractivity contribution in [2.24, 2.45) is 0 Å². The summed E-state index contributed by atoms with van der Waals surface area (Å²) in [4.78, 5) is 33.6. The van der Waals surface area contributed by atoms with E-state index >= 15 is 0 Å². The lowest BCUT2D eigenvalue weighted by molar-refractivity contribution is 0.0740. The van der Waals surface area contributed by atoms with E-state index in [4.69, 9.17) is 11.6 Å².